The van der Waals surface area contributed by atoms with Crippen LogP contribution in [0.5, 0.6) is 0 Å². The fourth-order valence-electron chi connectivity index (χ4n) is 2.59. The van der Waals surface area contributed by atoms with Gasteiger partial charge in [-0.1, -0.05) is 43.2 Å². The molecule has 1 aliphatic carbocycles. The number of rotatable bonds is 4. The van der Waals surface area contributed by atoms with Gasteiger partial charge in [-0.25, -0.2) is 4.98 Å². The number of benzene rings is 1. The zero-order chi connectivity index (χ0) is 13.8. The Labute approximate surface area is 122 Å². The Kier molecular flexibility index (Phi) is 4.21. The van der Waals surface area contributed by atoms with Crippen LogP contribution in [0, 0.1) is 0 Å². The summed E-state index contributed by atoms with van der Waals surface area (Å²) in [7, 11) is 0. The van der Waals surface area contributed by atoms with Crippen LogP contribution in [0.3, 0.4) is 0 Å². The largest absolute Gasteiger partial charge is 0.310 e. The molecule has 104 valence electrons. The second-order valence-electron chi connectivity index (χ2n) is 5.16. The fraction of sp³-hybridized carbons (Fsp3) is 0.375. The van der Waals surface area contributed by atoms with E-state index in [0.717, 1.165) is 28.1 Å². The Bertz CT molecular complexity index is 618. The number of thioether (sulfide) groups is 1. The molecule has 0 radical (unpaired) electrons. The van der Waals surface area contributed by atoms with E-state index in [2.05, 4.69) is 9.97 Å². The van der Waals surface area contributed by atoms with E-state index in [-0.39, 0.29) is 5.56 Å². The topological polar surface area (TPSA) is 45.8 Å². The zero-order valence-corrected chi connectivity index (χ0v) is 12.2. The quantitative estimate of drug-likeness (QED) is 0.934. The van der Waals surface area contributed by atoms with Crippen molar-refractivity contribution in [2.24, 2.45) is 0 Å². The van der Waals surface area contributed by atoms with Crippen molar-refractivity contribution in [2.45, 2.75) is 36.7 Å². The lowest BCUT2D eigenvalue weighted by Crippen LogP contribution is -2.11. The average Bonchev–Trinajstić information content (AvgIpc) is 2.99. The molecule has 0 saturated heterocycles. The molecule has 0 atom stereocenters. The van der Waals surface area contributed by atoms with Crippen LogP contribution in [0.1, 0.15) is 31.5 Å². The lowest BCUT2D eigenvalue weighted by Gasteiger charge is -2.08. The van der Waals surface area contributed by atoms with Gasteiger partial charge in [0.25, 0.3) is 5.56 Å². The summed E-state index contributed by atoms with van der Waals surface area (Å²) in [6, 6.07) is 11.4. The van der Waals surface area contributed by atoms with E-state index >= 15 is 0 Å². The van der Waals surface area contributed by atoms with Gasteiger partial charge >= 0.3 is 0 Å². The Morgan fingerprint density at radius 2 is 1.95 bits per heavy atom. The smallest absolute Gasteiger partial charge is 0.251 e. The highest BCUT2D eigenvalue weighted by atomic mass is 32.2. The SMILES string of the molecule is O=c1cc(-c2ccccc2)nc(CSC2CCCC2)[nH]1. The first kappa shape index (κ1) is 13.4. The molecule has 1 aromatic heterocycles. The van der Waals surface area contributed by atoms with E-state index in [9.17, 15) is 4.79 Å². The molecule has 4 heteroatoms. The molecular formula is C16H18N2OS. The maximum absolute atomic E-state index is 11.8. The Hall–Kier alpha value is -1.55. The molecule has 0 amide bonds. The van der Waals surface area contributed by atoms with Crippen molar-refractivity contribution in [3.8, 4) is 11.3 Å². The van der Waals surface area contributed by atoms with Crippen LogP contribution in [-0.2, 0) is 5.75 Å². The van der Waals surface area contributed by atoms with Crippen LogP contribution >= 0.6 is 11.8 Å². The summed E-state index contributed by atoms with van der Waals surface area (Å²) in [5.41, 5.74) is 1.68. The van der Waals surface area contributed by atoms with Crippen LogP contribution in [0.2, 0.25) is 0 Å². The molecule has 0 spiro atoms. The van der Waals surface area contributed by atoms with Crippen LogP contribution < -0.4 is 5.56 Å². The molecule has 1 aromatic carbocycles. The third-order valence-corrected chi connectivity index (χ3v) is 5.00. The van der Waals surface area contributed by atoms with Crippen molar-refractivity contribution >= 4 is 11.8 Å². The van der Waals surface area contributed by atoms with Gasteiger partial charge in [-0.15, -0.1) is 0 Å². The fourth-order valence-corrected chi connectivity index (χ4v) is 3.78. The first-order valence-electron chi connectivity index (χ1n) is 7.08. The van der Waals surface area contributed by atoms with Gasteiger partial charge in [0, 0.05) is 16.9 Å². The maximum Gasteiger partial charge on any atom is 0.251 e. The minimum atomic E-state index is -0.0686. The predicted octanol–water partition coefficient (Wildman–Crippen LogP) is 3.61. The number of hydrogen-bond acceptors (Lipinski definition) is 3. The van der Waals surface area contributed by atoms with Crippen molar-refractivity contribution in [3.63, 3.8) is 0 Å². The van der Waals surface area contributed by atoms with Crippen molar-refractivity contribution in [1.82, 2.24) is 9.97 Å². The highest BCUT2D eigenvalue weighted by Crippen LogP contribution is 2.31. The molecule has 1 saturated carbocycles. The number of nitrogens with one attached hydrogen (secondary N) is 1. The Balaban J connectivity index is 1.78. The maximum atomic E-state index is 11.8. The molecule has 1 heterocycles. The number of aromatic nitrogens is 2. The molecule has 1 aliphatic rings. The molecule has 0 bridgehead atoms. The summed E-state index contributed by atoms with van der Waals surface area (Å²) in [6.45, 7) is 0. The number of nitrogens with zero attached hydrogens (tertiary/aromatic N) is 1. The van der Waals surface area contributed by atoms with Crippen LogP contribution in [0.15, 0.2) is 41.2 Å². The van der Waals surface area contributed by atoms with Gasteiger partial charge in [-0.2, -0.15) is 11.8 Å². The summed E-state index contributed by atoms with van der Waals surface area (Å²) in [5.74, 6) is 1.58. The standard InChI is InChI=1S/C16H18N2OS/c19-16-10-14(12-6-2-1-3-7-12)17-15(18-16)11-20-13-8-4-5-9-13/h1-3,6-7,10,13H,4-5,8-9,11H2,(H,17,18,19). The number of aromatic amines is 1. The number of hydrogen-bond donors (Lipinski definition) is 1. The summed E-state index contributed by atoms with van der Waals surface area (Å²) in [6.07, 6.45) is 5.28. The normalized spacial score (nSPS) is 15.6. The summed E-state index contributed by atoms with van der Waals surface area (Å²) < 4.78 is 0. The summed E-state index contributed by atoms with van der Waals surface area (Å²) in [5, 5.41) is 0.737. The van der Waals surface area contributed by atoms with E-state index in [4.69, 9.17) is 0 Å². The van der Waals surface area contributed by atoms with Crippen molar-refractivity contribution in [1.29, 1.82) is 0 Å². The zero-order valence-electron chi connectivity index (χ0n) is 11.3. The molecule has 3 nitrogen and oxygen atoms in total. The molecule has 0 aliphatic heterocycles. The molecule has 20 heavy (non-hydrogen) atoms. The molecule has 1 N–H and O–H groups in total. The molecular weight excluding hydrogens is 268 g/mol. The lowest BCUT2D eigenvalue weighted by molar-refractivity contribution is 0.886. The van der Waals surface area contributed by atoms with E-state index in [1.165, 1.54) is 25.7 Å². The van der Waals surface area contributed by atoms with Gasteiger partial charge in [0.2, 0.25) is 0 Å². The molecule has 2 aromatic rings. The predicted molar refractivity (Wildman–Crippen MR) is 83.8 cm³/mol. The first-order chi connectivity index (χ1) is 9.81. The van der Waals surface area contributed by atoms with Gasteiger partial charge in [0.1, 0.15) is 5.82 Å². The molecule has 1 fully saturated rings. The van der Waals surface area contributed by atoms with Gasteiger partial charge in [-0.05, 0) is 12.8 Å². The monoisotopic (exact) mass is 286 g/mol. The van der Waals surface area contributed by atoms with E-state index < -0.39 is 0 Å². The molecule has 3 rings (SSSR count). The van der Waals surface area contributed by atoms with E-state index in [1.54, 1.807) is 6.07 Å². The van der Waals surface area contributed by atoms with Crippen molar-refractivity contribution in [3.05, 3.63) is 52.6 Å². The Morgan fingerprint density at radius 3 is 2.70 bits per heavy atom. The third kappa shape index (κ3) is 3.31. The van der Waals surface area contributed by atoms with Crippen molar-refractivity contribution in [2.75, 3.05) is 0 Å². The van der Waals surface area contributed by atoms with E-state index in [1.807, 2.05) is 42.1 Å². The molecule has 0 unspecified atom stereocenters. The van der Waals surface area contributed by atoms with Gasteiger partial charge in [0.05, 0.1) is 11.4 Å². The third-order valence-electron chi connectivity index (χ3n) is 3.62. The Morgan fingerprint density at radius 1 is 1.20 bits per heavy atom. The summed E-state index contributed by atoms with van der Waals surface area (Å²) >= 11 is 1.92. The minimum Gasteiger partial charge on any atom is -0.310 e. The van der Waals surface area contributed by atoms with Crippen LogP contribution in [0.4, 0.5) is 0 Å². The lowest BCUT2D eigenvalue weighted by atomic mass is 10.1. The van der Waals surface area contributed by atoms with Crippen LogP contribution in [-0.4, -0.2) is 15.2 Å². The van der Waals surface area contributed by atoms with Gasteiger partial charge in [-0.3, -0.25) is 4.79 Å². The highest BCUT2D eigenvalue weighted by Gasteiger charge is 2.15. The van der Waals surface area contributed by atoms with Gasteiger partial charge < -0.3 is 4.98 Å². The second kappa shape index (κ2) is 6.27. The minimum absolute atomic E-state index is 0.0686. The van der Waals surface area contributed by atoms with Crippen molar-refractivity contribution < 1.29 is 0 Å². The van der Waals surface area contributed by atoms with Crippen LogP contribution in [0.25, 0.3) is 11.3 Å². The van der Waals surface area contributed by atoms with E-state index in [0.29, 0.717) is 0 Å². The number of H-pyrrole nitrogens is 1. The summed E-state index contributed by atoms with van der Waals surface area (Å²) in [4.78, 5) is 19.2. The second-order valence-corrected chi connectivity index (χ2v) is 6.45. The average molecular weight is 286 g/mol. The highest BCUT2D eigenvalue weighted by molar-refractivity contribution is 7.99. The first-order valence-corrected chi connectivity index (χ1v) is 8.13. The van der Waals surface area contributed by atoms with Gasteiger partial charge in [0.15, 0.2) is 0 Å².